The van der Waals surface area contributed by atoms with Crippen molar-refractivity contribution in [3.8, 4) is 0 Å². The molecule has 10 heteroatoms. The van der Waals surface area contributed by atoms with E-state index in [1.54, 1.807) is 6.20 Å². The van der Waals surface area contributed by atoms with Gasteiger partial charge < -0.3 is 23.7 Å². The first-order valence-corrected chi connectivity index (χ1v) is 16.4. The summed E-state index contributed by atoms with van der Waals surface area (Å²) in [6.45, 7) is 1.28. The summed E-state index contributed by atoms with van der Waals surface area (Å²) in [4.78, 5) is 7.86. The maximum atomic E-state index is 10.0. The van der Waals surface area contributed by atoms with E-state index in [9.17, 15) is 5.53 Å². The van der Waals surface area contributed by atoms with Gasteiger partial charge in [0.2, 0.25) is 5.72 Å². The number of aromatic nitrogens is 1. The fraction of sp³-hybridized carbons (Fsp3) is 0.270. The van der Waals surface area contributed by atoms with Crippen molar-refractivity contribution in [1.82, 2.24) is 4.98 Å². The van der Waals surface area contributed by atoms with Gasteiger partial charge in [0.1, 0.15) is 29.4 Å². The zero-order valence-corrected chi connectivity index (χ0v) is 26.6. The zero-order chi connectivity index (χ0) is 32.2. The van der Waals surface area contributed by atoms with Crippen LogP contribution in [0.25, 0.3) is 10.4 Å². The van der Waals surface area contributed by atoms with Gasteiger partial charge in [-0.1, -0.05) is 121 Å². The number of ether oxygens (including phenoxy) is 5. The molecule has 0 aliphatic carbocycles. The number of azide groups is 1. The van der Waals surface area contributed by atoms with Gasteiger partial charge in [-0.2, -0.15) is 0 Å². The van der Waals surface area contributed by atoms with Gasteiger partial charge in [0.25, 0.3) is 0 Å². The maximum absolute atomic E-state index is 10.0. The Kier molecular flexibility index (Phi) is 11.4. The summed E-state index contributed by atoms with van der Waals surface area (Å²) < 4.78 is 33.3. The van der Waals surface area contributed by atoms with Crippen molar-refractivity contribution in [1.29, 1.82) is 0 Å². The van der Waals surface area contributed by atoms with Gasteiger partial charge in [-0.3, -0.25) is 0 Å². The molecule has 1 aliphatic rings. The molecular formula is C37H36N4O5S. The van der Waals surface area contributed by atoms with Crippen molar-refractivity contribution >= 4 is 11.3 Å². The van der Waals surface area contributed by atoms with E-state index in [0.29, 0.717) is 18.2 Å². The number of rotatable bonds is 15. The molecule has 0 amide bonds. The van der Waals surface area contributed by atoms with Crippen molar-refractivity contribution < 1.29 is 23.7 Å². The minimum atomic E-state index is -1.66. The summed E-state index contributed by atoms with van der Waals surface area (Å²) in [5, 5.41) is 6.59. The summed E-state index contributed by atoms with van der Waals surface area (Å²) in [6.07, 6.45) is -1.41. The van der Waals surface area contributed by atoms with Crippen LogP contribution in [0.3, 0.4) is 0 Å². The summed E-state index contributed by atoms with van der Waals surface area (Å²) in [7, 11) is 0. The number of benzene rings is 4. The average molecular weight is 649 g/mol. The van der Waals surface area contributed by atoms with E-state index in [-0.39, 0.29) is 19.8 Å². The van der Waals surface area contributed by atoms with Crippen LogP contribution in [0.5, 0.6) is 0 Å². The smallest absolute Gasteiger partial charge is 0.227 e. The van der Waals surface area contributed by atoms with Gasteiger partial charge in [0.05, 0.1) is 33.0 Å². The van der Waals surface area contributed by atoms with Gasteiger partial charge in [0, 0.05) is 16.5 Å². The molecular weight excluding hydrogens is 612 g/mol. The molecule has 1 saturated heterocycles. The second-order valence-electron chi connectivity index (χ2n) is 11.1. The van der Waals surface area contributed by atoms with Crippen LogP contribution in [0.2, 0.25) is 0 Å². The quantitative estimate of drug-likeness (QED) is 0.0647. The molecule has 9 nitrogen and oxygen atoms in total. The van der Waals surface area contributed by atoms with Gasteiger partial charge >= 0.3 is 0 Å². The third-order valence-corrected chi connectivity index (χ3v) is 8.75. The van der Waals surface area contributed by atoms with Crippen molar-refractivity contribution in [3.05, 3.63) is 171 Å². The van der Waals surface area contributed by atoms with E-state index < -0.39 is 30.1 Å². The Hall–Kier alpha value is -4.38. The number of nitrogens with zero attached hydrogens (tertiary/aromatic N) is 4. The summed E-state index contributed by atoms with van der Waals surface area (Å²) in [6, 6.07) is 39.6. The highest BCUT2D eigenvalue weighted by molar-refractivity contribution is 7.09. The summed E-state index contributed by atoms with van der Waals surface area (Å²) in [5.41, 5.74) is 12.3. The Labute approximate surface area is 278 Å². The topological polar surface area (TPSA) is 108 Å². The SMILES string of the molecule is [N-]=[N+]=N[C@@]1(c2nccs2)O[C@H](COCc2ccccc2)[C@H](OCc2ccccc2)[C@H](OCc2ccccc2)[C@H]1OCc1ccccc1. The second kappa shape index (κ2) is 16.4. The van der Waals surface area contributed by atoms with Crippen molar-refractivity contribution in [3.63, 3.8) is 0 Å². The van der Waals surface area contributed by atoms with Crippen LogP contribution in [0, 0.1) is 0 Å². The number of hydrogen-bond acceptors (Lipinski definition) is 8. The van der Waals surface area contributed by atoms with Crippen molar-refractivity contribution in [2.75, 3.05) is 6.61 Å². The molecule has 0 radical (unpaired) electrons. The molecule has 2 heterocycles. The van der Waals surface area contributed by atoms with Crippen LogP contribution in [0.4, 0.5) is 0 Å². The van der Waals surface area contributed by atoms with Crippen LogP contribution >= 0.6 is 11.3 Å². The van der Waals surface area contributed by atoms with Crippen LogP contribution in [-0.2, 0) is 55.8 Å². The zero-order valence-electron chi connectivity index (χ0n) is 25.8. The predicted octanol–water partition coefficient (Wildman–Crippen LogP) is 7.98. The van der Waals surface area contributed by atoms with Crippen LogP contribution in [-0.4, -0.2) is 36.0 Å². The molecule has 0 N–H and O–H groups in total. The fourth-order valence-corrected chi connectivity index (χ4v) is 6.36. The highest BCUT2D eigenvalue weighted by Crippen LogP contribution is 2.45. The van der Waals surface area contributed by atoms with E-state index in [0.717, 1.165) is 22.3 Å². The van der Waals surface area contributed by atoms with E-state index in [1.165, 1.54) is 11.3 Å². The molecule has 1 aliphatic heterocycles. The standard InChI is InChI=1S/C37H36N4O5S/c38-41-40-37(36-39-21-22-47-36)35(45-26-31-19-11-4-12-20-31)34(44-25-30-17-9-3-10-18-30)33(43-24-29-15-7-2-8-16-29)32(46-37)27-42-23-28-13-5-1-6-14-28/h1-22,32-35H,23-27H2/t32-,33+,34+,35-,37-/m1/s1. The average Bonchev–Trinajstić information content (AvgIpc) is 3.68. The lowest BCUT2D eigenvalue weighted by molar-refractivity contribution is -0.311. The molecule has 0 unspecified atom stereocenters. The monoisotopic (exact) mass is 648 g/mol. The minimum Gasteiger partial charge on any atom is -0.374 e. The van der Waals surface area contributed by atoms with Gasteiger partial charge in [-0.25, -0.2) is 4.98 Å². The molecule has 0 saturated carbocycles. The highest BCUT2D eigenvalue weighted by atomic mass is 32.1. The van der Waals surface area contributed by atoms with Gasteiger partial charge in [0.15, 0.2) is 0 Å². The molecule has 1 aromatic heterocycles. The Bertz CT molecular complexity index is 1680. The Morgan fingerprint density at radius 2 is 1.17 bits per heavy atom. The molecule has 240 valence electrons. The number of thiazole rings is 1. The van der Waals surface area contributed by atoms with Crippen LogP contribution < -0.4 is 0 Å². The normalized spacial score (nSPS) is 22.4. The lowest BCUT2D eigenvalue weighted by Gasteiger charge is -2.50. The number of hydrogen-bond donors (Lipinski definition) is 0. The molecule has 4 aromatic carbocycles. The lowest BCUT2D eigenvalue weighted by atomic mass is 9.90. The molecule has 5 aromatic rings. The minimum absolute atomic E-state index is 0.138. The maximum Gasteiger partial charge on any atom is 0.227 e. The fourth-order valence-electron chi connectivity index (χ4n) is 5.62. The summed E-state index contributed by atoms with van der Waals surface area (Å²) >= 11 is 1.33. The molecule has 5 atom stereocenters. The molecule has 6 rings (SSSR count). The van der Waals surface area contributed by atoms with E-state index in [2.05, 4.69) is 15.0 Å². The Balaban J connectivity index is 1.39. The predicted molar refractivity (Wildman–Crippen MR) is 179 cm³/mol. The molecule has 1 fully saturated rings. The summed E-state index contributed by atoms with van der Waals surface area (Å²) in [5.74, 6) is 0. The molecule has 0 bridgehead atoms. The van der Waals surface area contributed by atoms with Crippen LogP contribution in [0.15, 0.2) is 138 Å². The van der Waals surface area contributed by atoms with Gasteiger partial charge in [-0.15, -0.1) is 11.3 Å². The van der Waals surface area contributed by atoms with E-state index >= 15 is 0 Å². The first-order valence-electron chi connectivity index (χ1n) is 15.5. The highest BCUT2D eigenvalue weighted by Gasteiger charge is 2.59. The second-order valence-corrected chi connectivity index (χ2v) is 12.0. The first kappa shape index (κ1) is 32.6. The van der Waals surface area contributed by atoms with E-state index in [4.69, 9.17) is 23.7 Å². The van der Waals surface area contributed by atoms with E-state index in [1.807, 2.05) is 127 Å². The Morgan fingerprint density at radius 1 is 0.681 bits per heavy atom. The largest absolute Gasteiger partial charge is 0.374 e. The van der Waals surface area contributed by atoms with Gasteiger partial charge in [-0.05, 0) is 32.9 Å². The third-order valence-electron chi connectivity index (χ3n) is 7.87. The van der Waals surface area contributed by atoms with Crippen molar-refractivity contribution in [2.24, 2.45) is 5.11 Å². The first-order chi connectivity index (χ1) is 23.2. The molecule has 47 heavy (non-hydrogen) atoms. The third kappa shape index (κ3) is 8.32. The lowest BCUT2D eigenvalue weighted by Crippen LogP contribution is -2.65. The molecule has 0 spiro atoms. The Morgan fingerprint density at radius 3 is 1.66 bits per heavy atom. The van der Waals surface area contributed by atoms with Crippen molar-refractivity contribution in [2.45, 2.75) is 56.6 Å². The van der Waals surface area contributed by atoms with Crippen LogP contribution in [0.1, 0.15) is 27.3 Å².